The van der Waals surface area contributed by atoms with Gasteiger partial charge in [0.25, 0.3) is 0 Å². The SMILES string of the molecule is C[C@H](c1nc(C2CC2)no1)N1CCN(C(=O)Cc2ccccc2Cl)CC1. The van der Waals surface area contributed by atoms with Crippen molar-refractivity contribution in [2.45, 2.75) is 38.1 Å². The highest BCUT2D eigenvalue weighted by molar-refractivity contribution is 6.31. The van der Waals surface area contributed by atoms with Crippen LogP contribution in [0.1, 0.15) is 49.0 Å². The first-order chi connectivity index (χ1) is 12.6. The highest BCUT2D eigenvalue weighted by atomic mass is 35.5. The summed E-state index contributed by atoms with van der Waals surface area (Å²) in [4.78, 5) is 21.3. The average molecular weight is 375 g/mol. The molecular formula is C19H23ClN4O2. The van der Waals surface area contributed by atoms with Crippen molar-refractivity contribution in [3.8, 4) is 0 Å². The highest BCUT2D eigenvalue weighted by Gasteiger charge is 2.32. The molecule has 1 aromatic heterocycles. The van der Waals surface area contributed by atoms with Crippen molar-refractivity contribution in [1.29, 1.82) is 0 Å². The van der Waals surface area contributed by atoms with Crippen molar-refractivity contribution >= 4 is 17.5 Å². The van der Waals surface area contributed by atoms with Crippen LogP contribution in [0.3, 0.4) is 0 Å². The molecule has 2 aliphatic rings. The molecule has 1 saturated carbocycles. The first kappa shape index (κ1) is 17.5. The first-order valence-electron chi connectivity index (χ1n) is 9.20. The van der Waals surface area contributed by atoms with Crippen LogP contribution in [0.2, 0.25) is 5.02 Å². The first-order valence-corrected chi connectivity index (χ1v) is 9.58. The van der Waals surface area contributed by atoms with Gasteiger partial charge in [-0.25, -0.2) is 0 Å². The maximum absolute atomic E-state index is 12.6. The van der Waals surface area contributed by atoms with E-state index in [2.05, 4.69) is 22.0 Å². The second-order valence-corrected chi connectivity index (χ2v) is 7.53. The fourth-order valence-corrected chi connectivity index (χ4v) is 3.56. The fourth-order valence-electron chi connectivity index (χ4n) is 3.36. The molecule has 26 heavy (non-hydrogen) atoms. The van der Waals surface area contributed by atoms with E-state index in [0.717, 1.165) is 24.5 Å². The van der Waals surface area contributed by atoms with Crippen molar-refractivity contribution in [3.63, 3.8) is 0 Å². The van der Waals surface area contributed by atoms with E-state index >= 15 is 0 Å². The number of carbonyl (C=O) groups excluding carboxylic acids is 1. The van der Waals surface area contributed by atoms with Crippen LogP contribution in [0.5, 0.6) is 0 Å². The zero-order chi connectivity index (χ0) is 18.1. The molecule has 1 saturated heterocycles. The van der Waals surface area contributed by atoms with Gasteiger partial charge in [0.05, 0.1) is 12.5 Å². The maximum atomic E-state index is 12.6. The third-order valence-electron chi connectivity index (χ3n) is 5.27. The quantitative estimate of drug-likeness (QED) is 0.804. The average Bonchev–Trinajstić information content (AvgIpc) is 3.40. The molecule has 1 atom stereocenters. The summed E-state index contributed by atoms with van der Waals surface area (Å²) >= 11 is 6.17. The van der Waals surface area contributed by atoms with Gasteiger partial charge in [-0.3, -0.25) is 9.69 Å². The monoisotopic (exact) mass is 374 g/mol. The lowest BCUT2D eigenvalue weighted by atomic mass is 10.1. The van der Waals surface area contributed by atoms with Crippen LogP contribution in [-0.4, -0.2) is 52.0 Å². The predicted molar refractivity (Wildman–Crippen MR) is 98.0 cm³/mol. The van der Waals surface area contributed by atoms with Gasteiger partial charge in [-0.1, -0.05) is 35.0 Å². The van der Waals surface area contributed by atoms with E-state index < -0.39 is 0 Å². The van der Waals surface area contributed by atoms with Crippen LogP contribution in [0, 0.1) is 0 Å². The maximum Gasteiger partial charge on any atom is 0.243 e. The molecule has 0 radical (unpaired) electrons. The van der Waals surface area contributed by atoms with Gasteiger partial charge in [-0.15, -0.1) is 0 Å². The Kier molecular flexibility index (Phi) is 4.96. The van der Waals surface area contributed by atoms with Crippen LogP contribution in [0.4, 0.5) is 0 Å². The summed E-state index contributed by atoms with van der Waals surface area (Å²) in [7, 11) is 0. The molecule has 4 rings (SSSR count). The number of carbonyl (C=O) groups is 1. The Balaban J connectivity index is 1.31. The molecule has 1 aliphatic carbocycles. The smallest absolute Gasteiger partial charge is 0.243 e. The van der Waals surface area contributed by atoms with Gasteiger partial charge in [0.1, 0.15) is 0 Å². The second-order valence-electron chi connectivity index (χ2n) is 7.13. The number of aromatic nitrogens is 2. The van der Waals surface area contributed by atoms with Gasteiger partial charge >= 0.3 is 0 Å². The number of nitrogens with zero attached hydrogens (tertiary/aromatic N) is 4. The normalized spacial score (nSPS) is 19.5. The molecule has 138 valence electrons. The Morgan fingerprint density at radius 3 is 2.69 bits per heavy atom. The zero-order valence-electron chi connectivity index (χ0n) is 14.9. The second kappa shape index (κ2) is 7.37. The summed E-state index contributed by atoms with van der Waals surface area (Å²) < 4.78 is 5.45. The Hall–Kier alpha value is -1.92. The fraction of sp³-hybridized carbons (Fsp3) is 0.526. The summed E-state index contributed by atoms with van der Waals surface area (Å²) in [6, 6.07) is 7.60. The van der Waals surface area contributed by atoms with E-state index in [-0.39, 0.29) is 11.9 Å². The van der Waals surface area contributed by atoms with Crippen LogP contribution in [-0.2, 0) is 11.2 Å². The largest absolute Gasteiger partial charge is 0.340 e. The molecular weight excluding hydrogens is 352 g/mol. The molecule has 0 spiro atoms. The minimum Gasteiger partial charge on any atom is -0.340 e. The van der Waals surface area contributed by atoms with E-state index in [4.69, 9.17) is 16.1 Å². The van der Waals surface area contributed by atoms with Crippen molar-refractivity contribution < 1.29 is 9.32 Å². The third-order valence-corrected chi connectivity index (χ3v) is 5.64. The van der Waals surface area contributed by atoms with E-state index in [1.54, 1.807) is 0 Å². The number of benzene rings is 1. The Morgan fingerprint density at radius 2 is 2.00 bits per heavy atom. The van der Waals surface area contributed by atoms with Crippen LogP contribution < -0.4 is 0 Å². The lowest BCUT2D eigenvalue weighted by Gasteiger charge is -2.36. The number of halogens is 1. The standard InChI is InChI=1S/C19H23ClN4O2/c1-13(19-21-18(22-26-19)14-6-7-14)23-8-10-24(11-9-23)17(25)12-15-4-2-3-5-16(15)20/h2-5,13-14H,6-12H2,1H3/t13-/m1/s1. The molecule has 1 aliphatic heterocycles. The summed E-state index contributed by atoms with van der Waals surface area (Å²) in [5.41, 5.74) is 0.883. The van der Waals surface area contributed by atoms with E-state index in [9.17, 15) is 4.79 Å². The molecule has 1 amide bonds. The highest BCUT2D eigenvalue weighted by Crippen LogP contribution is 2.38. The van der Waals surface area contributed by atoms with Crippen molar-refractivity contribution in [2.75, 3.05) is 26.2 Å². The predicted octanol–water partition coefficient (Wildman–Crippen LogP) is 3.05. The lowest BCUT2D eigenvalue weighted by Crippen LogP contribution is -2.49. The van der Waals surface area contributed by atoms with Crippen molar-refractivity contribution in [1.82, 2.24) is 19.9 Å². The summed E-state index contributed by atoms with van der Waals surface area (Å²) in [6.07, 6.45) is 2.68. The summed E-state index contributed by atoms with van der Waals surface area (Å²) in [6.45, 7) is 5.10. The van der Waals surface area contributed by atoms with Crippen LogP contribution in [0.15, 0.2) is 28.8 Å². The third kappa shape index (κ3) is 3.76. The van der Waals surface area contributed by atoms with E-state index in [0.29, 0.717) is 36.3 Å². The van der Waals surface area contributed by atoms with Gasteiger partial charge in [0, 0.05) is 37.1 Å². The minimum atomic E-state index is 0.0795. The number of amides is 1. The van der Waals surface area contributed by atoms with E-state index in [1.165, 1.54) is 12.8 Å². The van der Waals surface area contributed by atoms with Gasteiger partial charge in [-0.2, -0.15) is 4.98 Å². The minimum absolute atomic E-state index is 0.0795. The summed E-state index contributed by atoms with van der Waals surface area (Å²) in [5, 5.41) is 4.75. The van der Waals surface area contributed by atoms with Gasteiger partial charge < -0.3 is 9.42 Å². The Bertz CT molecular complexity index is 781. The van der Waals surface area contributed by atoms with Crippen LogP contribution in [0.25, 0.3) is 0 Å². The molecule has 2 heterocycles. The molecule has 2 aromatic rings. The number of hydrogen-bond acceptors (Lipinski definition) is 5. The molecule has 0 N–H and O–H groups in total. The van der Waals surface area contributed by atoms with Gasteiger partial charge in [0.15, 0.2) is 5.82 Å². The lowest BCUT2D eigenvalue weighted by molar-refractivity contribution is -0.132. The molecule has 7 heteroatoms. The number of piperazine rings is 1. The topological polar surface area (TPSA) is 62.5 Å². The Labute approximate surface area is 158 Å². The summed E-state index contributed by atoms with van der Waals surface area (Å²) in [5.74, 6) is 2.15. The van der Waals surface area contributed by atoms with Gasteiger partial charge in [0.2, 0.25) is 11.8 Å². The number of rotatable bonds is 5. The molecule has 0 bridgehead atoms. The van der Waals surface area contributed by atoms with Gasteiger partial charge in [-0.05, 0) is 31.4 Å². The molecule has 1 aromatic carbocycles. The zero-order valence-corrected chi connectivity index (χ0v) is 15.7. The molecule has 2 fully saturated rings. The molecule has 0 unspecified atom stereocenters. The van der Waals surface area contributed by atoms with Crippen LogP contribution >= 0.6 is 11.6 Å². The molecule has 6 nitrogen and oxygen atoms in total. The van der Waals surface area contributed by atoms with E-state index in [1.807, 2.05) is 29.2 Å². The number of hydrogen-bond donors (Lipinski definition) is 0. The van der Waals surface area contributed by atoms with Crippen molar-refractivity contribution in [3.05, 3.63) is 46.6 Å². The Morgan fingerprint density at radius 1 is 1.27 bits per heavy atom. The van der Waals surface area contributed by atoms with Crippen molar-refractivity contribution in [2.24, 2.45) is 0 Å².